The van der Waals surface area contributed by atoms with Gasteiger partial charge in [-0.3, -0.25) is 15.1 Å². The Morgan fingerprint density at radius 2 is 1.89 bits per heavy atom. The number of benzene rings is 3. The van der Waals surface area contributed by atoms with E-state index in [9.17, 15) is 14.7 Å². The summed E-state index contributed by atoms with van der Waals surface area (Å²) in [6.07, 6.45) is 1.94. The molecular formula is C27H20N4O4. The third-order valence-electron chi connectivity index (χ3n) is 5.81. The highest BCUT2D eigenvalue weighted by Gasteiger charge is 2.23. The van der Waals surface area contributed by atoms with Gasteiger partial charge in [0.05, 0.1) is 40.7 Å². The molecule has 4 aromatic rings. The number of rotatable bonds is 7. The second-order valence-corrected chi connectivity index (χ2v) is 8.01. The Morgan fingerprint density at radius 1 is 1.06 bits per heavy atom. The van der Waals surface area contributed by atoms with Gasteiger partial charge in [-0.05, 0) is 35.9 Å². The number of nitrogens with one attached hydrogen (secondary N) is 2. The third-order valence-corrected chi connectivity index (χ3v) is 5.81. The maximum Gasteiger partial charge on any atom is 0.337 e. The van der Waals surface area contributed by atoms with Gasteiger partial charge >= 0.3 is 5.97 Å². The van der Waals surface area contributed by atoms with Crippen LogP contribution in [0.3, 0.4) is 0 Å². The highest BCUT2D eigenvalue weighted by molar-refractivity contribution is 6.10. The first-order valence-corrected chi connectivity index (χ1v) is 10.9. The summed E-state index contributed by atoms with van der Waals surface area (Å²) < 4.78 is 1.88. The Hall–Kier alpha value is -4.87. The number of hydrogen-bond donors (Lipinski definition) is 3. The molecule has 35 heavy (non-hydrogen) atoms. The third kappa shape index (κ3) is 4.24. The molecule has 0 saturated carbocycles. The molecule has 1 aliphatic heterocycles. The molecule has 8 heteroatoms. The lowest BCUT2D eigenvalue weighted by Gasteiger charge is -2.20. The first-order chi connectivity index (χ1) is 17.0. The van der Waals surface area contributed by atoms with Crippen LogP contribution in [0.2, 0.25) is 0 Å². The molecule has 1 aromatic heterocycles. The fraction of sp³-hybridized carbons (Fsp3) is 0.0741. The number of allylic oxidation sites excluding steroid dienone is 1. The number of carboxylic acids is 1. The molecule has 5 rings (SSSR count). The topological polar surface area (TPSA) is 116 Å². The molecule has 0 fully saturated rings. The summed E-state index contributed by atoms with van der Waals surface area (Å²) in [4.78, 5) is 30.5. The van der Waals surface area contributed by atoms with Gasteiger partial charge in [0.2, 0.25) is 0 Å². The van der Waals surface area contributed by atoms with Gasteiger partial charge in [0.1, 0.15) is 5.69 Å². The zero-order valence-corrected chi connectivity index (χ0v) is 18.5. The fourth-order valence-corrected chi connectivity index (χ4v) is 4.17. The Bertz CT molecular complexity index is 1530. The van der Waals surface area contributed by atoms with E-state index in [1.54, 1.807) is 6.07 Å². The van der Waals surface area contributed by atoms with Crippen LogP contribution in [0, 0.1) is 11.3 Å². The number of para-hydroxylation sites is 1. The molecule has 1 amide bonds. The van der Waals surface area contributed by atoms with Gasteiger partial charge in [-0.2, -0.15) is 5.26 Å². The zero-order valence-electron chi connectivity index (χ0n) is 18.5. The minimum Gasteiger partial charge on any atom is -0.478 e. The number of nitrogens with zero attached hydrogens (tertiary/aromatic N) is 2. The molecule has 0 atom stereocenters. The number of anilines is 1. The van der Waals surface area contributed by atoms with Gasteiger partial charge in [0, 0.05) is 17.5 Å². The van der Waals surface area contributed by atoms with Crippen LogP contribution in [0.4, 0.5) is 5.69 Å². The van der Waals surface area contributed by atoms with Crippen LogP contribution in [0.25, 0.3) is 16.6 Å². The van der Waals surface area contributed by atoms with E-state index in [4.69, 9.17) is 10.1 Å². The Balaban J connectivity index is 1.40. The number of amides is 1. The van der Waals surface area contributed by atoms with Gasteiger partial charge in [0.15, 0.2) is 0 Å². The van der Waals surface area contributed by atoms with Gasteiger partial charge < -0.3 is 15.0 Å². The van der Waals surface area contributed by atoms with Crippen molar-refractivity contribution in [3.05, 3.63) is 107 Å². The van der Waals surface area contributed by atoms with Crippen LogP contribution in [-0.2, 0) is 18.0 Å². The van der Waals surface area contributed by atoms with E-state index < -0.39 is 11.9 Å². The monoisotopic (exact) mass is 464 g/mol. The number of carbonyl (C=O) groups excluding carboxylic acids is 1. The van der Waals surface area contributed by atoms with Crippen molar-refractivity contribution in [1.29, 1.82) is 5.26 Å². The van der Waals surface area contributed by atoms with E-state index in [0.717, 1.165) is 27.7 Å². The maximum absolute atomic E-state index is 13.2. The summed E-state index contributed by atoms with van der Waals surface area (Å²) in [5.74, 6) is -1.67. The number of nitriles is 1. The largest absolute Gasteiger partial charge is 0.478 e. The number of aromatic carboxylic acids is 1. The van der Waals surface area contributed by atoms with Crippen molar-refractivity contribution >= 4 is 34.2 Å². The van der Waals surface area contributed by atoms with Gasteiger partial charge in [-0.1, -0.05) is 48.5 Å². The lowest BCUT2D eigenvalue weighted by atomic mass is 10.1. The first-order valence-electron chi connectivity index (χ1n) is 10.9. The molecule has 2 heterocycles. The standard InChI is InChI=1S/C27H20N4O4/c28-15-18-9-10-22(21(13-18)27(33)34)29-26(32)24-14-19-7-4-8-20-23(11-12-31(24)25(19)20)30-35-16-17-5-2-1-3-6-17/h1-11,13-14,30H,12,16H2,(H,29,32)(H,33,34). The highest BCUT2D eigenvalue weighted by Crippen LogP contribution is 2.32. The minimum atomic E-state index is -1.23. The molecule has 1 aliphatic rings. The number of carboxylic acid groups (broad SMARTS) is 1. The minimum absolute atomic E-state index is 0.128. The van der Waals surface area contributed by atoms with Crippen molar-refractivity contribution in [2.75, 3.05) is 5.32 Å². The van der Waals surface area contributed by atoms with Crippen molar-refractivity contribution in [1.82, 2.24) is 10.0 Å². The van der Waals surface area contributed by atoms with Crippen LogP contribution < -0.4 is 10.8 Å². The lowest BCUT2D eigenvalue weighted by Crippen LogP contribution is -2.21. The smallest absolute Gasteiger partial charge is 0.337 e. The van der Waals surface area contributed by atoms with Crippen molar-refractivity contribution < 1.29 is 19.5 Å². The van der Waals surface area contributed by atoms with Crippen LogP contribution >= 0.6 is 0 Å². The Kier molecular flexibility index (Phi) is 5.75. The fourth-order valence-electron chi connectivity index (χ4n) is 4.17. The molecule has 8 nitrogen and oxygen atoms in total. The predicted molar refractivity (Wildman–Crippen MR) is 130 cm³/mol. The molecule has 0 aliphatic carbocycles. The summed E-state index contributed by atoms with van der Waals surface area (Å²) in [6, 6.07) is 23.4. The van der Waals surface area contributed by atoms with E-state index in [1.165, 1.54) is 18.2 Å². The van der Waals surface area contributed by atoms with E-state index in [2.05, 4.69) is 10.8 Å². The number of hydrogen-bond acceptors (Lipinski definition) is 5. The summed E-state index contributed by atoms with van der Waals surface area (Å²) in [5, 5.41) is 22.1. The molecule has 0 spiro atoms. The van der Waals surface area contributed by atoms with Crippen molar-refractivity contribution in [3.63, 3.8) is 0 Å². The summed E-state index contributed by atoms with van der Waals surface area (Å²) in [7, 11) is 0. The molecule has 172 valence electrons. The quantitative estimate of drug-likeness (QED) is 0.346. The normalized spacial score (nSPS) is 12.0. The van der Waals surface area contributed by atoms with E-state index >= 15 is 0 Å². The maximum atomic E-state index is 13.2. The van der Waals surface area contributed by atoms with E-state index in [1.807, 2.05) is 65.2 Å². The van der Waals surface area contributed by atoms with Crippen molar-refractivity contribution in [3.8, 4) is 6.07 Å². The number of carbonyl (C=O) groups is 2. The predicted octanol–water partition coefficient (Wildman–Crippen LogP) is 4.54. The van der Waals surface area contributed by atoms with Crippen LogP contribution in [0.15, 0.2) is 78.9 Å². The number of hydroxylamine groups is 1. The second-order valence-electron chi connectivity index (χ2n) is 8.01. The van der Waals surface area contributed by atoms with Crippen molar-refractivity contribution in [2.24, 2.45) is 0 Å². The van der Waals surface area contributed by atoms with Gasteiger partial charge in [-0.25, -0.2) is 4.79 Å². The number of aromatic nitrogens is 1. The molecule has 0 saturated heterocycles. The Labute approximate surface area is 200 Å². The molecule has 0 bridgehead atoms. The SMILES string of the molecule is N#Cc1ccc(NC(=O)c2cc3cccc4c3n2CC=C4NOCc2ccccc2)c(C(=O)O)c1. The summed E-state index contributed by atoms with van der Waals surface area (Å²) >= 11 is 0. The molecule has 3 N–H and O–H groups in total. The zero-order chi connectivity index (χ0) is 24.4. The molecule has 0 unspecified atom stereocenters. The van der Waals surface area contributed by atoms with Gasteiger partial charge in [-0.15, -0.1) is 0 Å². The van der Waals surface area contributed by atoms with E-state index in [0.29, 0.717) is 18.8 Å². The van der Waals surface area contributed by atoms with Crippen LogP contribution in [0.1, 0.15) is 37.5 Å². The molecular weight excluding hydrogens is 444 g/mol. The molecule has 0 radical (unpaired) electrons. The summed E-state index contributed by atoms with van der Waals surface area (Å²) in [5.41, 5.74) is 7.24. The average molecular weight is 464 g/mol. The summed E-state index contributed by atoms with van der Waals surface area (Å²) in [6.45, 7) is 0.832. The molecule has 3 aromatic carbocycles. The van der Waals surface area contributed by atoms with Gasteiger partial charge in [0.25, 0.3) is 5.91 Å². The first kappa shape index (κ1) is 21.9. The van der Waals surface area contributed by atoms with Crippen LogP contribution in [-0.4, -0.2) is 21.6 Å². The lowest BCUT2D eigenvalue weighted by molar-refractivity contribution is 0.0644. The van der Waals surface area contributed by atoms with E-state index in [-0.39, 0.29) is 16.8 Å². The Morgan fingerprint density at radius 3 is 2.66 bits per heavy atom. The van der Waals surface area contributed by atoms with Crippen LogP contribution in [0.5, 0.6) is 0 Å². The van der Waals surface area contributed by atoms with Crippen molar-refractivity contribution in [2.45, 2.75) is 13.2 Å². The second kappa shape index (κ2) is 9.17. The average Bonchev–Trinajstić information content (AvgIpc) is 3.26. The highest BCUT2D eigenvalue weighted by atomic mass is 16.6.